The molecule has 0 unspecified atom stereocenters. The van der Waals surface area contributed by atoms with E-state index in [0.717, 1.165) is 68.9 Å². The highest BCUT2D eigenvalue weighted by molar-refractivity contribution is 5.90. The van der Waals surface area contributed by atoms with Crippen LogP contribution < -0.4 is 18.9 Å². The maximum Gasteiger partial charge on any atom is 0.305 e. The minimum atomic E-state index is -0.376. The van der Waals surface area contributed by atoms with Gasteiger partial charge in [0, 0.05) is 6.42 Å². The molecule has 9 heteroatoms. The van der Waals surface area contributed by atoms with E-state index >= 15 is 0 Å². The predicted molar refractivity (Wildman–Crippen MR) is 199 cm³/mol. The number of allylic oxidation sites excluding steroid dienone is 1. The number of hydrogen-bond acceptors (Lipinski definition) is 9. The molecule has 274 valence electrons. The third-order valence-electron chi connectivity index (χ3n) is 8.42. The number of benzene rings is 2. The second-order valence-corrected chi connectivity index (χ2v) is 12.2. The van der Waals surface area contributed by atoms with Crippen LogP contribution in [-0.4, -0.2) is 66.9 Å². The van der Waals surface area contributed by atoms with Gasteiger partial charge in [0.2, 0.25) is 0 Å². The first-order chi connectivity index (χ1) is 24.4. The highest BCUT2D eigenvalue weighted by Crippen LogP contribution is 2.33. The molecular formula is C41H57NO8. The predicted octanol–water partition coefficient (Wildman–Crippen LogP) is 9.01. The summed E-state index contributed by atoms with van der Waals surface area (Å²) in [7, 11) is 4.76. The number of esters is 1. The van der Waals surface area contributed by atoms with Crippen molar-refractivity contribution in [2.75, 3.05) is 61.0 Å². The summed E-state index contributed by atoms with van der Waals surface area (Å²) in [5, 5.41) is 9.82. The van der Waals surface area contributed by atoms with Crippen LogP contribution in [0.5, 0.6) is 23.0 Å². The SMILES string of the molecule is C=CCOCC(CC)(COCC=C)COC(=O)CCCCCCCCCCOc1ccc(C=C(C#N)c2ccc(OC)c(OC)c2)cc1OC. The van der Waals surface area contributed by atoms with Crippen LogP contribution in [0.15, 0.2) is 61.7 Å². The second kappa shape index (κ2) is 24.8. The summed E-state index contributed by atoms with van der Waals surface area (Å²) in [6, 6.07) is 13.3. The van der Waals surface area contributed by atoms with Gasteiger partial charge in [-0.15, -0.1) is 13.2 Å². The molecule has 2 aromatic rings. The zero-order valence-electron chi connectivity index (χ0n) is 30.6. The molecule has 0 heterocycles. The van der Waals surface area contributed by atoms with E-state index in [1.54, 1.807) is 45.6 Å². The highest BCUT2D eigenvalue weighted by atomic mass is 16.5. The number of rotatable bonds is 28. The van der Waals surface area contributed by atoms with Crippen LogP contribution in [0, 0.1) is 16.7 Å². The molecule has 0 atom stereocenters. The molecule has 0 aliphatic carbocycles. The van der Waals surface area contributed by atoms with Gasteiger partial charge in [-0.25, -0.2) is 0 Å². The van der Waals surface area contributed by atoms with E-state index in [1.165, 1.54) is 0 Å². The van der Waals surface area contributed by atoms with Gasteiger partial charge in [-0.2, -0.15) is 5.26 Å². The van der Waals surface area contributed by atoms with Gasteiger partial charge in [0.25, 0.3) is 0 Å². The van der Waals surface area contributed by atoms with Crippen molar-refractivity contribution < 1.29 is 38.0 Å². The molecular weight excluding hydrogens is 634 g/mol. The van der Waals surface area contributed by atoms with E-state index in [0.29, 0.717) is 68.0 Å². The molecule has 0 fully saturated rings. The largest absolute Gasteiger partial charge is 0.493 e. The van der Waals surface area contributed by atoms with Crippen molar-refractivity contribution in [2.24, 2.45) is 5.41 Å². The fourth-order valence-corrected chi connectivity index (χ4v) is 5.31. The van der Waals surface area contributed by atoms with Crippen molar-refractivity contribution in [3.05, 3.63) is 72.8 Å². The van der Waals surface area contributed by atoms with Crippen molar-refractivity contribution in [1.82, 2.24) is 0 Å². The van der Waals surface area contributed by atoms with Gasteiger partial charge in [-0.05, 0) is 66.8 Å². The molecule has 2 rings (SSSR count). The molecule has 9 nitrogen and oxygen atoms in total. The van der Waals surface area contributed by atoms with Crippen LogP contribution in [0.2, 0.25) is 0 Å². The third-order valence-corrected chi connectivity index (χ3v) is 8.42. The van der Waals surface area contributed by atoms with Gasteiger partial charge in [0.1, 0.15) is 6.61 Å². The lowest BCUT2D eigenvalue weighted by molar-refractivity contribution is -0.151. The molecule has 0 aromatic heterocycles. The van der Waals surface area contributed by atoms with E-state index in [4.69, 9.17) is 33.2 Å². The Balaban J connectivity index is 1.66. The molecule has 2 aromatic carbocycles. The van der Waals surface area contributed by atoms with Crippen molar-refractivity contribution in [3.63, 3.8) is 0 Å². The number of nitriles is 1. The summed E-state index contributed by atoms with van der Waals surface area (Å²) in [6.07, 6.45) is 14.8. The summed E-state index contributed by atoms with van der Waals surface area (Å²) in [4.78, 5) is 12.4. The summed E-state index contributed by atoms with van der Waals surface area (Å²) in [5.74, 6) is 2.29. The number of hydrogen-bond donors (Lipinski definition) is 0. The average Bonchev–Trinajstić information content (AvgIpc) is 3.14. The number of carbonyl (C=O) groups excluding carboxylic acids is 1. The Morgan fingerprint density at radius 1 is 0.760 bits per heavy atom. The van der Waals surface area contributed by atoms with Crippen molar-refractivity contribution in [3.8, 4) is 29.1 Å². The average molecular weight is 692 g/mol. The maximum absolute atomic E-state index is 12.4. The van der Waals surface area contributed by atoms with E-state index in [-0.39, 0.29) is 18.0 Å². The van der Waals surface area contributed by atoms with Gasteiger partial charge in [0.05, 0.1) is 71.4 Å². The minimum absolute atomic E-state index is 0.167. The zero-order chi connectivity index (χ0) is 36.5. The fourth-order valence-electron chi connectivity index (χ4n) is 5.31. The Bertz CT molecular complexity index is 1370. The monoisotopic (exact) mass is 691 g/mol. The van der Waals surface area contributed by atoms with Crippen molar-refractivity contribution >= 4 is 17.6 Å². The smallest absolute Gasteiger partial charge is 0.305 e. The van der Waals surface area contributed by atoms with Gasteiger partial charge < -0.3 is 33.2 Å². The summed E-state index contributed by atoms with van der Waals surface area (Å²) in [6.45, 7) is 12.1. The Morgan fingerprint density at radius 2 is 1.34 bits per heavy atom. The number of nitrogens with zero attached hydrogens (tertiary/aromatic N) is 1. The fraction of sp³-hybridized carbons (Fsp3) is 0.512. The molecule has 0 saturated carbocycles. The van der Waals surface area contributed by atoms with Crippen LogP contribution >= 0.6 is 0 Å². The lowest BCUT2D eigenvalue weighted by atomic mass is 9.88. The van der Waals surface area contributed by atoms with E-state index in [2.05, 4.69) is 26.2 Å². The van der Waals surface area contributed by atoms with Crippen LogP contribution in [0.1, 0.15) is 82.3 Å². The Hall–Kier alpha value is -4.26. The van der Waals surface area contributed by atoms with Gasteiger partial charge in [-0.3, -0.25) is 4.79 Å². The standard InChI is InChI=1S/C41H57NO8/c1-7-23-47-30-41(9-3,31-48-24-8-2)32-50-40(43)18-16-14-12-10-11-13-15-17-25-49-37-21-19-33(27-38(37)45-5)26-35(29-42)34-20-22-36(44-4)39(28-34)46-6/h7-8,19-22,26-28H,1-2,9-18,23-25,30-32H2,3-6H3. The Labute approximate surface area is 299 Å². The first kappa shape index (κ1) is 41.9. The second-order valence-electron chi connectivity index (χ2n) is 12.2. The molecule has 0 saturated heterocycles. The molecule has 0 radical (unpaired) electrons. The molecule has 0 bridgehead atoms. The summed E-state index contributed by atoms with van der Waals surface area (Å²) < 4.78 is 39.3. The lowest BCUT2D eigenvalue weighted by Crippen LogP contribution is -2.37. The van der Waals surface area contributed by atoms with Crippen molar-refractivity contribution in [1.29, 1.82) is 5.26 Å². The van der Waals surface area contributed by atoms with E-state index in [9.17, 15) is 10.1 Å². The molecule has 0 N–H and O–H groups in total. The van der Waals surface area contributed by atoms with Crippen LogP contribution in [0.25, 0.3) is 11.6 Å². The zero-order valence-corrected chi connectivity index (χ0v) is 30.6. The molecule has 0 amide bonds. The summed E-state index contributed by atoms with van der Waals surface area (Å²) >= 11 is 0. The third kappa shape index (κ3) is 15.1. The van der Waals surface area contributed by atoms with Crippen LogP contribution in [0.3, 0.4) is 0 Å². The molecule has 50 heavy (non-hydrogen) atoms. The Kier molecular flexibility index (Phi) is 20.8. The maximum atomic E-state index is 12.4. The van der Waals surface area contributed by atoms with Gasteiger partial charge in [0.15, 0.2) is 23.0 Å². The Morgan fingerprint density at radius 3 is 1.92 bits per heavy atom. The quantitative estimate of drug-likeness (QED) is 0.0284. The topological polar surface area (TPSA) is 105 Å². The van der Waals surface area contributed by atoms with Crippen LogP contribution in [0.4, 0.5) is 0 Å². The molecule has 0 aliphatic heterocycles. The molecule has 0 aliphatic rings. The van der Waals surface area contributed by atoms with E-state index in [1.807, 2.05) is 30.3 Å². The molecule has 0 spiro atoms. The minimum Gasteiger partial charge on any atom is -0.493 e. The van der Waals surface area contributed by atoms with E-state index < -0.39 is 0 Å². The number of unbranched alkanes of at least 4 members (excludes halogenated alkanes) is 7. The normalized spacial score (nSPS) is 11.4. The van der Waals surface area contributed by atoms with Gasteiger partial charge >= 0.3 is 5.97 Å². The first-order valence-electron chi connectivity index (χ1n) is 17.6. The first-order valence-corrected chi connectivity index (χ1v) is 17.6. The van der Waals surface area contributed by atoms with Gasteiger partial charge in [-0.1, -0.05) is 63.7 Å². The van der Waals surface area contributed by atoms with Crippen LogP contribution in [-0.2, 0) is 19.0 Å². The highest BCUT2D eigenvalue weighted by Gasteiger charge is 2.31. The number of methoxy groups -OCH3 is 3. The lowest BCUT2D eigenvalue weighted by Gasteiger charge is -2.31. The number of carbonyl (C=O) groups is 1. The number of ether oxygens (including phenoxy) is 7. The van der Waals surface area contributed by atoms with Crippen molar-refractivity contribution in [2.45, 2.75) is 71.1 Å². The summed E-state index contributed by atoms with van der Waals surface area (Å²) in [5.41, 5.74) is 1.67.